The number of aromatic nitrogens is 2. The van der Waals surface area contributed by atoms with E-state index in [-0.39, 0.29) is 18.4 Å². The maximum Gasteiger partial charge on any atom is 0.419 e. The van der Waals surface area contributed by atoms with Crippen LogP contribution in [0.4, 0.5) is 9.59 Å². The van der Waals surface area contributed by atoms with Crippen LogP contribution in [0.3, 0.4) is 0 Å². The molecule has 0 spiro atoms. The number of rotatable bonds is 8. The lowest BCUT2D eigenvalue weighted by Crippen LogP contribution is -2.44. The molecule has 0 saturated heterocycles. The van der Waals surface area contributed by atoms with Crippen molar-refractivity contribution in [2.24, 2.45) is 5.92 Å². The highest BCUT2D eigenvalue weighted by Crippen LogP contribution is 2.56. The molecule has 0 aliphatic heterocycles. The number of carbonyl (C=O) groups is 3. The van der Waals surface area contributed by atoms with E-state index < -0.39 is 28.8 Å². The minimum Gasteiger partial charge on any atom is -0.468 e. The number of methoxy groups -OCH3 is 1. The molecule has 0 N–H and O–H groups in total. The minimum absolute atomic E-state index is 0.0223. The van der Waals surface area contributed by atoms with Crippen molar-refractivity contribution in [3.8, 4) is 0 Å². The predicted molar refractivity (Wildman–Crippen MR) is 123 cm³/mol. The van der Waals surface area contributed by atoms with E-state index in [1.165, 1.54) is 7.11 Å². The summed E-state index contributed by atoms with van der Waals surface area (Å²) in [5.41, 5.74) is -1.55. The Labute approximate surface area is 196 Å². The summed E-state index contributed by atoms with van der Waals surface area (Å²) in [6.45, 7) is 13.5. The van der Waals surface area contributed by atoms with Crippen LogP contribution in [0.15, 0.2) is 12.5 Å². The van der Waals surface area contributed by atoms with E-state index in [0.717, 1.165) is 17.9 Å². The van der Waals surface area contributed by atoms with Gasteiger partial charge in [-0.25, -0.2) is 19.5 Å². The van der Waals surface area contributed by atoms with Crippen LogP contribution in [0.2, 0.25) is 0 Å². The third kappa shape index (κ3) is 6.95. The number of amides is 2. The average Bonchev–Trinajstić information content (AvgIpc) is 3.21. The fraction of sp³-hybridized carbons (Fsp3) is 0.750. The summed E-state index contributed by atoms with van der Waals surface area (Å²) in [6.07, 6.45) is 4.88. The number of imidazole rings is 1. The van der Waals surface area contributed by atoms with E-state index >= 15 is 0 Å². The molecule has 9 heteroatoms. The second-order valence-corrected chi connectivity index (χ2v) is 10.6. The van der Waals surface area contributed by atoms with Crippen molar-refractivity contribution >= 4 is 18.2 Å². The topological polar surface area (TPSA) is 100.0 Å². The van der Waals surface area contributed by atoms with Crippen LogP contribution in [0, 0.1) is 5.92 Å². The molecule has 1 aliphatic carbocycles. The summed E-state index contributed by atoms with van der Waals surface area (Å²) in [7, 11) is 1.38. The number of ether oxygens (including phenoxy) is 3. The van der Waals surface area contributed by atoms with Crippen LogP contribution in [-0.2, 0) is 31.0 Å². The minimum atomic E-state index is -0.767. The molecule has 2 rings (SSSR count). The number of carbonyl (C=O) groups excluding carboxylic acids is 3. The zero-order chi connectivity index (χ0) is 25.0. The van der Waals surface area contributed by atoms with Crippen LogP contribution in [0.1, 0.15) is 79.8 Å². The van der Waals surface area contributed by atoms with Gasteiger partial charge < -0.3 is 18.8 Å². The Bertz CT molecular complexity index is 823. The average molecular weight is 466 g/mol. The predicted octanol–water partition coefficient (Wildman–Crippen LogP) is 4.68. The van der Waals surface area contributed by atoms with E-state index in [2.05, 4.69) is 11.9 Å². The van der Waals surface area contributed by atoms with Crippen molar-refractivity contribution < 1.29 is 28.6 Å². The molecular formula is C24H39N3O6. The van der Waals surface area contributed by atoms with Crippen LogP contribution < -0.4 is 0 Å². The Morgan fingerprint density at radius 3 is 2.18 bits per heavy atom. The Morgan fingerprint density at radius 1 is 1.12 bits per heavy atom. The summed E-state index contributed by atoms with van der Waals surface area (Å²) in [4.78, 5) is 43.5. The third-order valence-corrected chi connectivity index (χ3v) is 5.39. The molecule has 33 heavy (non-hydrogen) atoms. The number of nitrogens with zero attached hydrogens (tertiary/aromatic N) is 3. The van der Waals surface area contributed by atoms with Gasteiger partial charge in [-0.1, -0.05) is 6.92 Å². The quantitative estimate of drug-likeness (QED) is 0.406. The van der Waals surface area contributed by atoms with Crippen molar-refractivity contribution in [2.75, 3.05) is 13.7 Å². The fourth-order valence-electron chi connectivity index (χ4n) is 3.89. The molecule has 9 nitrogen and oxygen atoms in total. The molecule has 1 fully saturated rings. The normalized spacial score (nSPS) is 20.2. The number of imide groups is 1. The maximum atomic E-state index is 12.7. The molecule has 186 valence electrons. The number of hydrogen-bond donors (Lipinski definition) is 0. The van der Waals surface area contributed by atoms with Crippen LogP contribution >= 0.6 is 0 Å². The lowest BCUT2D eigenvalue weighted by molar-refractivity contribution is -0.144. The van der Waals surface area contributed by atoms with Gasteiger partial charge in [-0.05, 0) is 73.1 Å². The molecule has 1 heterocycles. The first-order chi connectivity index (χ1) is 15.2. The third-order valence-electron chi connectivity index (χ3n) is 5.39. The summed E-state index contributed by atoms with van der Waals surface area (Å²) >= 11 is 0. The summed E-state index contributed by atoms with van der Waals surface area (Å²) in [6, 6.07) is 0. The van der Waals surface area contributed by atoms with Crippen molar-refractivity contribution in [1.29, 1.82) is 0 Å². The van der Waals surface area contributed by atoms with E-state index in [4.69, 9.17) is 14.2 Å². The molecule has 2 unspecified atom stereocenters. The highest BCUT2D eigenvalue weighted by Gasteiger charge is 2.63. The smallest absolute Gasteiger partial charge is 0.419 e. The molecule has 2 amide bonds. The largest absolute Gasteiger partial charge is 0.468 e. The number of aryl methyl sites for hydroxylation is 1. The lowest BCUT2D eigenvalue weighted by Gasteiger charge is -2.28. The van der Waals surface area contributed by atoms with E-state index in [1.54, 1.807) is 47.9 Å². The van der Waals surface area contributed by atoms with Crippen LogP contribution in [0.5, 0.6) is 0 Å². The SMILES string of the molecule is CCCn1cnc(C2(C(=O)OC)CC2CCCN(C(=O)OC(C)(C)C)C(=O)OC(C)(C)C)c1. The first-order valence-electron chi connectivity index (χ1n) is 11.6. The van der Waals surface area contributed by atoms with Crippen molar-refractivity contribution in [2.45, 2.75) is 97.3 Å². The molecular weight excluding hydrogens is 426 g/mol. The van der Waals surface area contributed by atoms with E-state index in [9.17, 15) is 14.4 Å². The van der Waals surface area contributed by atoms with Gasteiger partial charge in [0.05, 0.1) is 19.1 Å². The van der Waals surface area contributed by atoms with Gasteiger partial charge in [-0.15, -0.1) is 0 Å². The monoisotopic (exact) mass is 465 g/mol. The van der Waals surface area contributed by atoms with E-state index in [1.807, 2.05) is 10.8 Å². The second-order valence-electron chi connectivity index (χ2n) is 10.6. The number of hydrogen-bond acceptors (Lipinski definition) is 7. The molecule has 0 aromatic carbocycles. The van der Waals surface area contributed by atoms with Crippen molar-refractivity contribution in [3.05, 3.63) is 18.2 Å². The van der Waals surface area contributed by atoms with Gasteiger partial charge in [0.15, 0.2) is 0 Å². The molecule has 1 aliphatic rings. The highest BCUT2D eigenvalue weighted by molar-refractivity contribution is 5.88. The van der Waals surface area contributed by atoms with E-state index in [0.29, 0.717) is 25.0 Å². The Balaban J connectivity index is 2.08. The highest BCUT2D eigenvalue weighted by atomic mass is 16.6. The van der Waals surface area contributed by atoms with Crippen LogP contribution in [0.25, 0.3) is 0 Å². The molecule has 1 aromatic rings. The summed E-state index contributed by atoms with van der Waals surface area (Å²) in [5.74, 6) is -0.278. The Hall–Kier alpha value is -2.58. The Kier molecular flexibility index (Phi) is 8.19. The van der Waals surface area contributed by atoms with Crippen molar-refractivity contribution in [1.82, 2.24) is 14.5 Å². The van der Waals surface area contributed by atoms with Gasteiger partial charge in [0.2, 0.25) is 0 Å². The standard InChI is InChI=1S/C24H39N3O6/c1-9-12-26-15-18(25-16-26)24(19(28)31-8)14-17(24)11-10-13-27(20(29)32-22(2,3)4)21(30)33-23(5,6)7/h15-17H,9-14H2,1-8H3. The fourth-order valence-corrected chi connectivity index (χ4v) is 3.89. The van der Waals surface area contributed by atoms with Crippen molar-refractivity contribution in [3.63, 3.8) is 0 Å². The first-order valence-corrected chi connectivity index (χ1v) is 11.6. The Morgan fingerprint density at radius 2 is 1.70 bits per heavy atom. The molecule has 0 bridgehead atoms. The molecule has 0 radical (unpaired) electrons. The summed E-state index contributed by atoms with van der Waals surface area (Å²) < 4.78 is 17.9. The molecule has 2 atom stereocenters. The van der Waals surface area contributed by atoms with Crippen LogP contribution in [-0.4, -0.2) is 57.5 Å². The van der Waals surface area contributed by atoms with Gasteiger partial charge in [0, 0.05) is 19.3 Å². The molecule has 1 aromatic heterocycles. The summed E-state index contributed by atoms with van der Waals surface area (Å²) in [5, 5.41) is 0. The maximum absolute atomic E-state index is 12.7. The second kappa shape index (κ2) is 10.1. The number of esters is 1. The molecule has 1 saturated carbocycles. The zero-order valence-electron chi connectivity index (χ0n) is 21.3. The first kappa shape index (κ1) is 26.7. The van der Waals surface area contributed by atoms with Gasteiger partial charge in [-0.3, -0.25) is 4.79 Å². The van der Waals surface area contributed by atoms with Gasteiger partial charge in [0.25, 0.3) is 0 Å². The lowest BCUT2D eigenvalue weighted by atomic mass is 9.97. The zero-order valence-corrected chi connectivity index (χ0v) is 21.3. The van der Waals surface area contributed by atoms with Gasteiger partial charge in [-0.2, -0.15) is 0 Å². The van der Waals surface area contributed by atoms with Gasteiger partial charge in [0.1, 0.15) is 16.6 Å². The van der Waals surface area contributed by atoms with Gasteiger partial charge >= 0.3 is 18.2 Å².